The van der Waals surface area contributed by atoms with Gasteiger partial charge in [0, 0.05) is 11.6 Å². The molecule has 0 aliphatic rings. The van der Waals surface area contributed by atoms with Crippen molar-refractivity contribution in [1.29, 1.82) is 0 Å². The van der Waals surface area contributed by atoms with E-state index in [1.54, 1.807) is 12.1 Å². The van der Waals surface area contributed by atoms with E-state index in [1.807, 2.05) is 6.92 Å². The Balaban J connectivity index is 1.89. The molecule has 0 heterocycles. The Bertz CT molecular complexity index is 713. The average Bonchev–Trinajstić information content (AvgIpc) is 2.58. The van der Waals surface area contributed by atoms with Crippen molar-refractivity contribution in [1.82, 2.24) is 5.43 Å². The maximum absolute atomic E-state index is 12.5. The smallest absolute Gasteiger partial charge is 0.416 e. The second kappa shape index (κ2) is 8.41. The van der Waals surface area contributed by atoms with Gasteiger partial charge in [-0.1, -0.05) is 19.1 Å². The van der Waals surface area contributed by atoms with E-state index in [9.17, 15) is 18.3 Å². The lowest BCUT2D eigenvalue weighted by Crippen LogP contribution is -2.08. The Morgan fingerprint density at radius 3 is 2.48 bits per heavy atom. The van der Waals surface area contributed by atoms with Crippen molar-refractivity contribution in [2.45, 2.75) is 26.1 Å². The van der Waals surface area contributed by atoms with Crippen LogP contribution in [0.25, 0.3) is 0 Å². The van der Waals surface area contributed by atoms with E-state index in [0.29, 0.717) is 23.5 Å². The Morgan fingerprint density at radius 1 is 1.16 bits per heavy atom. The van der Waals surface area contributed by atoms with Gasteiger partial charge in [0.05, 0.1) is 24.9 Å². The minimum absolute atomic E-state index is 0.0358. The molecule has 25 heavy (non-hydrogen) atoms. The third kappa shape index (κ3) is 5.70. The number of nitrogens with one attached hydrogen (secondary N) is 1. The molecule has 7 heteroatoms. The summed E-state index contributed by atoms with van der Waals surface area (Å²) in [6.07, 6.45) is -2.03. The molecule has 0 aliphatic carbocycles. The summed E-state index contributed by atoms with van der Waals surface area (Å²) in [7, 11) is 0. The molecule has 2 aromatic carbocycles. The number of phenols is 1. The van der Waals surface area contributed by atoms with E-state index in [1.165, 1.54) is 24.4 Å². The van der Waals surface area contributed by atoms with Crippen LogP contribution in [-0.2, 0) is 12.7 Å². The van der Waals surface area contributed by atoms with Gasteiger partial charge in [0.1, 0.15) is 11.5 Å². The largest absolute Gasteiger partial charge is 0.507 e. The van der Waals surface area contributed by atoms with Gasteiger partial charge >= 0.3 is 6.18 Å². The summed E-state index contributed by atoms with van der Waals surface area (Å²) in [6, 6.07) is 9.75. The van der Waals surface area contributed by atoms with E-state index in [4.69, 9.17) is 4.74 Å². The molecule has 0 amide bonds. The fourth-order valence-corrected chi connectivity index (χ4v) is 2.01. The van der Waals surface area contributed by atoms with Crippen LogP contribution in [0.2, 0.25) is 0 Å². The molecule has 134 valence electrons. The van der Waals surface area contributed by atoms with Gasteiger partial charge in [-0.2, -0.15) is 18.3 Å². The molecule has 0 saturated carbocycles. The topological polar surface area (TPSA) is 53.8 Å². The van der Waals surface area contributed by atoms with Crippen molar-refractivity contribution in [2.24, 2.45) is 5.10 Å². The highest BCUT2D eigenvalue weighted by Gasteiger charge is 2.29. The molecule has 0 atom stereocenters. The minimum atomic E-state index is -4.34. The predicted octanol–water partition coefficient (Wildman–Crippen LogP) is 4.32. The molecule has 2 rings (SSSR count). The summed E-state index contributed by atoms with van der Waals surface area (Å²) in [4.78, 5) is 0. The molecule has 0 radical (unpaired) electrons. The number of hydrazone groups is 1. The summed E-state index contributed by atoms with van der Waals surface area (Å²) >= 11 is 0. The first-order valence-electron chi connectivity index (χ1n) is 7.78. The molecule has 0 bridgehead atoms. The van der Waals surface area contributed by atoms with Crippen LogP contribution < -0.4 is 10.2 Å². The first kappa shape index (κ1) is 18.6. The third-order valence-corrected chi connectivity index (χ3v) is 3.33. The number of phenolic OH excluding ortho intramolecular Hbond substituents is 1. The number of ether oxygens (including phenoxy) is 1. The highest BCUT2D eigenvalue weighted by molar-refractivity contribution is 5.83. The van der Waals surface area contributed by atoms with Crippen LogP contribution in [0.5, 0.6) is 11.5 Å². The van der Waals surface area contributed by atoms with Crippen LogP contribution in [0, 0.1) is 0 Å². The molecule has 0 unspecified atom stereocenters. The first-order chi connectivity index (χ1) is 11.9. The SMILES string of the molecule is CCCOc1ccc(/C=N/NCc2ccc(C(F)(F)F)cc2)c(O)c1. The number of aromatic hydroxyl groups is 1. The Morgan fingerprint density at radius 2 is 1.88 bits per heavy atom. The van der Waals surface area contributed by atoms with Crippen LogP contribution >= 0.6 is 0 Å². The highest BCUT2D eigenvalue weighted by Crippen LogP contribution is 2.29. The van der Waals surface area contributed by atoms with E-state index < -0.39 is 11.7 Å². The maximum Gasteiger partial charge on any atom is 0.416 e. The van der Waals surface area contributed by atoms with Crippen molar-refractivity contribution in [3.63, 3.8) is 0 Å². The quantitative estimate of drug-likeness (QED) is 0.576. The summed E-state index contributed by atoms with van der Waals surface area (Å²) < 4.78 is 42.8. The number of hydrogen-bond donors (Lipinski definition) is 2. The number of hydrogen-bond acceptors (Lipinski definition) is 4. The summed E-state index contributed by atoms with van der Waals surface area (Å²) in [5, 5.41) is 13.9. The number of benzene rings is 2. The van der Waals surface area contributed by atoms with Gasteiger partial charge < -0.3 is 15.3 Å². The fourth-order valence-electron chi connectivity index (χ4n) is 2.01. The Kier molecular flexibility index (Phi) is 6.27. The van der Waals surface area contributed by atoms with E-state index >= 15 is 0 Å². The van der Waals surface area contributed by atoms with Gasteiger partial charge in [-0.3, -0.25) is 0 Å². The van der Waals surface area contributed by atoms with Gasteiger partial charge in [0.25, 0.3) is 0 Å². The lowest BCUT2D eigenvalue weighted by Gasteiger charge is -2.07. The van der Waals surface area contributed by atoms with E-state index in [-0.39, 0.29) is 12.3 Å². The monoisotopic (exact) mass is 352 g/mol. The van der Waals surface area contributed by atoms with Crippen molar-refractivity contribution in [3.05, 3.63) is 59.2 Å². The van der Waals surface area contributed by atoms with Gasteiger partial charge in [-0.25, -0.2) is 0 Å². The van der Waals surface area contributed by atoms with E-state index in [2.05, 4.69) is 10.5 Å². The molecule has 0 fully saturated rings. The van der Waals surface area contributed by atoms with Gasteiger partial charge in [0.2, 0.25) is 0 Å². The molecular weight excluding hydrogens is 333 g/mol. The van der Waals surface area contributed by atoms with Crippen LogP contribution in [0.4, 0.5) is 13.2 Å². The van der Waals surface area contributed by atoms with Crippen LogP contribution in [-0.4, -0.2) is 17.9 Å². The van der Waals surface area contributed by atoms with Gasteiger partial charge in [0.15, 0.2) is 0 Å². The fraction of sp³-hybridized carbons (Fsp3) is 0.278. The summed E-state index contributed by atoms with van der Waals surface area (Å²) in [5.41, 5.74) is 3.21. The molecule has 4 nitrogen and oxygen atoms in total. The number of halogens is 3. The third-order valence-electron chi connectivity index (χ3n) is 3.33. The second-order valence-electron chi connectivity index (χ2n) is 5.36. The molecule has 2 N–H and O–H groups in total. The molecular formula is C18H19F3N2O2. The lowest BCUT2D eigenvalue weighted by atomic mass is 10.1. The highest BCUT2D eigenvalue weighted by atomic mass is 19.4. The second-order valence-corrected chi connectivity index (χ2v) is 5.36. The molecule has 0 aromatic heterocycles. The zero-order valence-corrected chi connectivity index (χ0v) is 13.7. The van der Waals surface area contributed by atoms with Crippen molar-refractivity contribution >= 4 is 6.21 Å². The zero-order chi connectivity index (χ0) is 18.3. The minimum Gasteiger partial charge on any atom is -0.507 e. The predicted molar refractivity (Wildman–Crippen MR) is 89.8 cm³/mol. The van der Waals surface area contributed by atoms with Crippen LogP contribution in [0.1, 0.15) is 30.0 Å². The normalized spacial score (nSPS) is 11.7. The Hall–Kier alpha value is -2.70. The zero-order valence-electron chi connectivity index (χ0n) is 13.7. The number of rotatable bonds is 7. The van der Waals surface area contributed by atoms with E-state index in [0.717, 1.165) is 18.6 Å². The molecule has 0 aliphatic heterocycles. The van der Waals surface area contributed by atoms with Gasteiger partial charge in [-0.15, -0.1) is 0 Å². The first-order valence-corrected chi connectivity index (χ1v) is 7.78. The van der Waals surface area contributed by atoms with Crippen LogP contribution in [0.15, 0.2) is 47.6 Å². The summed E-state index contributed by atoms with van der Waals surface area (Å²) in [5.74, 6) is 0.614. The van der Waals surface area contributed by atoms with Gasteiger partial charge in [-0.05, 0) is 36.2 Å². The standard InChI is InChI=1S/C18H19F3N2O2/c1-2-9-25-16-8-5-14(17(24)10-16)12-23-22-11-13-3-6-15(7-4-13)18(19,20)21/h3-8,10,12,22,24H,2,9,11H2,1H3/b23-12+. The number of nitrogens with zero attached hydrogens (tertiary/aromatic N) is 1. The molecule has 0 spiro atoms. The lowest BCUT2D eigenvalue weighted by molar-refractivity contribution is -0.137. The Labute approximate surface area is 143 Å². The van der Waals surface area contributed by atoms with Crippen molar-refractivity contribution < 1.29 is 23.0 Å². The average molecular weight is 352 g/mol. The molecule has 2 aromatic rings. The molecule has 0 saturated heterocycles. The van der Waals surface area contributed by atoms with Crippen molar-refractivity contribution in [3.8, 4) is 11.5 Å². The van der Waals surface area contributed by atoms with Crippen LogP contribution in [0.3, 0.4) is 0 Å². The number of alkyl halides is 3. The summed E-state index contributed by atoms with van der Waals surface area (Å²) in [6.45, 7) is 2.83. The maximum atomic E-state index is 12.5. The van der Waals surface area contributed by atoms with Crippen molar-refractivity contribution in [2.75, 3.05) is 6.61 Å².